The SMILES string of the molecule is Cc1cc(N)cc(Oc2c(Cl)ccc(CNC(=O)c3nc[nH]c3Cl)c2F)c1. The van der Waals surface area contributed by atoms with Gasteiger partial charge < -0.3 is 20.8 Å². The van der Waals surface area contributed by atoms with Crippen molar-refractivity contribution in [3.05, 3.63) is 69.5 Å². The predicted octanol–water partition coefficient (Wildman–Crippen LogP) is 4.47. The van der Waals surface area contributed by atoms with Crippen molar-refractivity contribution in [1.29, 1.82) is 0 Å². The van der Waals surface area contributed by atoms with Gasteiger partial charge in [-0.1, -0.05) is 29.3 Å². The fraction of sp³-hybridized carbons (Fsp3) is 0.111. The van der Waals surface area contributed by atoms with E-state index < -0.39 is 11.7 Å². The van der Waals surface area contributed by atoms with Crippen molar-refractivity contribution in [2.24, 2.45) is 0 Å². The summed E-state index contributed by atoms with van der Waals surface area (Å²) in [5, 5.41) is 2.74. The minimum atomic E-state index is -0.684. The molecule has 6 nitrogen and oxygen atoms in total. The van der Waals surface area contributed by atoms with E-state index >= 15 is 0 Å². The number of nitrogens with two attached hydrogens (primary N) is 1. The highest BCUT2D eigenvalue weighted by Crippen LogP contribution is 2.35. The Bertz CT molecular complexity index is 987. The second kappa shape index (κ2) is 7.85. The van der Waals surface area contributed by atoms with Gasteiger partial charge >= 0.3 is 0 Å². The maximum absolute atomic E-state index is 14.9. The number of nitrogens with one attached hydrogen (secondary N) is 2. The molecule has 2 aromatic carbocycles. The highest BCUT2D eigenvalue weighted by Gasteiger charge is 2.18. The molecule has 0 atom stereocenters. The number of H-pyrrole nitrogens is 1. The van der Waals surface area contributed by atoms with E-state index in [1.165, 1.54) is 18.5 Å². The summed E-state index contributed by atoms with van der Waals surface area (Å²) in [6.45, 7) is 1.74. The van der Waals surface area contributed by atoms with Crippen LogP contribution in [0.5, 0.6) is 11.5 Å². The van der Waals surface area contributed by atoms with Crippen molar-refractivity contribution in [3.8, 4) is 11.5 Å². The normalized spacial score (nSPS) is 10.7. The quantitative estimate of drug-likeness (QED) is 0.542. The first-order valence-electron chi connectivity index (χ1n) is 7.84. The van der Waals surface area contributed by atoms with Crippen LogP contribution >= 0.6 is 23.2 Å². The van der Waals surface area contributed by atoms with Crippen LogP contribution in [-0.4, -0.2) is 15.9 Å². The molecule has 0 bridgehead atoms. The topological polar surface area (TPSA) is 93.0 Å². The monoisotopic (exact) mass is 408 g/mol. The second-order valence-corrected chi connectivity index (χ2v) is 6.56. The number of aromatic nitrogens is 2. The van der Waals surface area contributed by atoms with E-state index in [1.54, 1.807) is 18.2 Å². The summed E-state index contributed by atoms with van der Waals surface area (Å²) in [4.78, 5) is 18.4. The third kappa shape index (κ3) is 4.32. The smallest absolute Gasteiger partial charge is 0.273 e. The number of hydrogen-bond donors (Lipinski definition) is 3. The fourth-order valence-corrected chi connectivity index (χ4v) is 2.82. The van der Waals surface area contributed by atoms with Crippen molar-refractivity contribution >= 4 is 34.8 Å². The van der Waals surface area contributed by atoms with Crippen molar-refractivity contribution < 1.29 is 13.9 Å². The van der Waals surface area contributed by atoms with E-state index in [1.807, 2.05) is 6.92 Å². The van der Waals surface area contributed by atoms with Crippen LogP contribution in [0, 0.1) is 12.7 Å². The summed E-state index contributed by atoms with van der Waals surface area (Å²) >= 11 is 11.9. The van der Waals surface area contributed by atoms with Gasteiger partial charge in [0.05, 0.1) is 11.3 Å². The van der Waals surface area contributed by atoms with Gasteiger partial charge in [-0.15, -0.1) is 0 Å². The molecule has 4 N–H and O–H groups in total. The lowest BCUT2D eigenvalue weighted by Crippen LogP contribution is -2.24. The van der Waals surface area contributed by atoms with Crippen LogP contribution in [0.25, 0.3) is 0 Å². The van der Waals surface area contributed by atoms with Crippen molar-refractivity contribution in [3.63, 3.8) is 0 Å². The van der Waals surface area contributed by atoms with E-state index in [0.29, 0.717) is 11.4 Å². The molecule has 1 amide bonds. The summed E-state index contributed by atoms with van der Waals surface area (Å²) in [5.41, 5.74) is 7.35. The number of benzene rings is 2. The zero-order chi connectivity index (χ0) is 19.6. The molecule has 1 aromatic heterocycles. The number of carbonyl (C=O) groups is 1. The van der Waals surface area contributed by atoms with Gasteiger partial charge in [0, 0.05) is 23.9 Å². The summed E-state index contributed by atoms with van der Waals surface area (Å²) in [6, 6.07) is 7.98. The van der Waals surface area contributed by atoms with E-state index in [4.69, 9.17) is 33.7 Å². The van der Waals surface area contributed by atoms with Gasteiger partial charge in [0.15, 0.2) is 17.3 Å². The second-order valence-electron chi connectivity index (χ2n) is 5.78. The highest BCUT2D eigenvalue weighted by atomic mass is 35.5. The van der Waals surface area contributed by atoms with Crippen molar-refractivity contribution in [1.82, 2.24) is 15.3 Å². The first kappa shape index (κ1) is 19.0. The van der Waals surface area contributed by atoms with Crippen LogP contribution in [-0.2, 0) is 6.54 Å². The largest absolute Gasteiger partial charge is 0.453 e. The number of nitrogen functional groups attached to an aromatic ring is 1. The Hall–Kier alpha value is -2.77. The lowest BCUT2D eigenvalue weighted by molar-refractivity contribution is 0.0946. The third-order valence-electron chi connectivity index (χ3n) is 3.67. The number of halogens is 3. The van der Waals surface area contributed by atoms with Gasteiger partial charge in [0.1, 0.15) is 10.9 Å². The van der Waals surface area contributed by atoms with Crippen LogP contribution < -0.4 is 15.8 Å². The zero-order valence-electron chi connectivity index (χ0n) is 14.1. The molecule has 0 unspecified atom stereocenters. The highest BCUT2D eigenvalue weighted by molar-refractivity contribution is 6.32. The average Bonchev–Trinajstić information content (AvgIpc) is 3.03. The summed E-state index contributed by atoms with van der Waals surface area (Å²) in [7, 11) is 0. The molecule has 140 valence electrons. The number of amides is 1. The van der Waals surface area contributed by atoms with Crippen LogP contribution in [0.15, 0.2) is 36.7 Å². The number of aromatic amines is 1. The summed E-state index contributed by atoms with van der Waals surface area (Å²) in [5.74, 6) is -1.01. The van der Waals surface area contributed by atoms with E-state index in [9.17, 15) is 9.18 Å². The lowest BCUT2D eigenvalue weighted by Gasteiger charge is -2.13. The van der Waals surface area contributed by atoms with Gasteiger partial charge in [-0.05, 0) is 30.7 Å². The molecule has 0 aliphatic heterocycles. The molecule has 0 fully saturated rings. The average molecular weight is 409 g/mol. The lowest BCUT2D eigenvalue weighted by atomic mass is 10.2. The molecule has 0 aliphatic rings. The Kier molecular flexibility index (Phi) is 5.53. The minimum absolute atomic E-state index is 0.0257. The minimum Gasteiger partial charge on any atom is -0.453 e. The maximum atomic E-state index is 14.9. The zero-order valence-corrected chi connectivity index (χ0v) is 15.7. The number of imidazole rings is 1. The van der Waals surface area contributed by atoms with Crippen molar-refractivity contribution in [2.45, 2.75) is 13.5 Å². The molecule has 0 saturated carbocycles. The molecular formula is C18H15Cl2FN4O2. The van der Waals surface area contributed by atoms with Gasteiger partial charge in [0.2, 0.25) is 0 Å². The van der Waals surface area contributed by atoms with Gasteiger partial charge in [0.25, 0.3) is 5.91 Å². The Morgan fingerprint density at radius 1 is 1.33 bits per heavy atom. The van der Waals surface area contributed by atoms with Gasteiger partial charge in [-0.3, -0.25) is 4.79 Å². The van der Waals surface area contributed by atoms with E-state index in [2.05, 4.69) is 15.3 Å². The molecule has 3 aromatic rings. The number of rotatable bonds is 5. The number of carbonyl (C=O) groups excluding carboxylic acids is 1. The Labute approximate surface area is 164 Å². The van der Waals surface area contributed by atoms with Gasteiger partial charge in [-0.25, -0.2) is 9.37 Å². The van der Waals surface area contributed by atoms with Crippen LogP contribution in [0.3, 0.4) is 0 Å². The van der Waals surface area contributed by atoms with Gasteiger partial charge in [-0.2, -0.15) is 0 Å². The molecule has 0 spiro atoms. The molecule has 27 heavy (non-hydrogen) atoms. The first-order chi connectivity index (χ1) is 12.8. The molecule has 1 heterocycles. The molecule has 0 aliphatic carbocycles. The predicted molar refractivity (Wildman–Crippen MR) is 102 cm³/mol. The van der Waals surface area contributed by atoms with Crippen molar-refractivity contribution in [2.75, 3.05) is 5.73 Å². The summed E-state index contributed by atoms with van der Waals surface area (Å²) in [6.07, 6.45) is 1.29. The Morgan fingerprint density at radius 2 is 2.11 bits per heavy atom. The van der Waals surface area contributed by atoms with Crippen LogP contribution in [0.2, 0.25) is 10.2 Å². The number of hydrogen-bond acceptors (Lipinski definition) is 4. The van der Waals surface area contributed by atoms with E-state index in [0.717, 1.165) is 5.56 Å². The van der Waals surface area contributed by atoms with Crippen LogP contribution in [0.4, 0.5) is 10.1 Å². The number of aryl methyl sites for hydroxylation is 1. The fourth-order valence-electron chi connectivity index (χ4n) is 2.45. The first-order valence-corrected chi connectivity index (χ1v) is 8.59. The van der Waals surface area contributed by atoms with E-state index in [-0.39, 0.29) is 33.7 Å². The molecule has 9 heteroatoms. The Balaban J connectivity index is 1.81. The molecule has 0 saturated heterocycles. The Morgan fingerprint density at radius 3 is 2.78 bits per heavy atom. The number of nitrogens with zero attached hydrogens (tertiary/aromatic N) is 1. The molecule has 3 rings (SSSR count). The maximum Gasteiger partial charge on any atom is 0.273 e. The number of anilines is 1. The molecule has 0 radical (unpaired) electrons. The number of ether oxygens (including phenoxy) is 1. The third-order valence-corrected chi connectivity index (χ3v) is 4.26. The molecular weight excluding hydrogens is 394 g/mol. The van der Waals surface area contributed by atoms with Crippen LogP contribution in [0.1, 0.15) is 21.6 Å². The summed E-state index contributed by atoms with van der Waals surface area (Å²) < 4.78 is 20.5. The standard InChI is InChI=1S/C18H15Cl2FN4O2/c1-9-4-11(22)6-12(5-9)27-16-13(19)3-2-10(14(16)21)7-23-18(26)15-17(20)25-8-24-15/h2-6,8H,7,22H2,1H3,(H,23,26)(H,24,25).